The van der Waals surface area contributed by atoms with Crippen LogP contribution in [0.4, 0.5) is 0 Å². The zero-order valence-electron chi connectivity index (χ0n) is 31.1. The van der Waals surface area contributed by atoms with Gasteiger partial charge in [0.1, 0.15) is 11.2 Å². The van der Waals surface area contributed by atoms with Crippen molar-refractivity contribution >= 4 is 65.0 Å². The summed E-state index contributed by atoms with van der Waals surface area (Å²) in [7, 11) is 0. The quantitative estimate of drug-likeness (QED) is 0.183. The molecule has 10 aromatic rings. The molecule has 0 fully saturated rings. The second-order valence-electron chi connectivity index (χ2n) is 12.0. The summed E-state index contributed by atoms with van der Waals surface area (Å²) in [4.78, 5) is 0. The molecule has 0 atom stereocenters. The van der Waals surface area contributed by atoms with Crippen molar-refractivity contribution in [2.75, 3.05) is 0 Å². The van der Waals surface area contributed by atoms with Crippen LogP contribution in [0.15, 0.2) is 174 Å². The molecule has 0 amide bonds. The Bertz CT molecular complexity index is 3120. The molecule has 0 N–H and O–H groups in total. The lowest BCUT2D eigenvalue weighted by Crippen LogP contribution is -1.91. The van der Waals surface area contributed by atoms with Crippen LogP contribution in [0.5, 0.6) is 0 Å². The smallest absolute Gasteiger partial charge is 0.143 e. The normalized spacial score (nSPS) is 13.6. The fourth-order valence-corrected chi connectivity index (χ4v) is 7.20. The van der Waals surface area contributed by atoms with Gasteiger partial charge in [0.2, 0.25) is 0 Å². The lowest BCUT2D eigenvalue weighted by molar-refractivity contribution is 0.673. The summed E-state index contributed by atoms with van der Waals surface area (Å²) in [5.74, 6) is 0. The van der Waals surface area contributed by atoms with E-state index in [1.165, 1.54) is 49.0 Å². The number of hydrogen-bond acceptors (Lipinski definition) is 1. The summed E-state index contributed by atoms with van der Waals surface area (Å²) in [5.41, 5.74) is 7.22. The van der Waals surface area contributed by atoms with E-state index >= 15 is 0 Å². The van der Waals surface area contributed by atoms with Crippen molar-refractivity contribution < 1.29 is 12.6 Å². The van der Waals surface area contributed by atoms with Crippen LogP contribution in [0, 0.1) is 0 Å². The maximum atomic E-state index is 8.79. The summed E-state index contributed by atoms with van der Waals surface area (Å²) in [5, 5.41) is 8.28. The molecule has 1 heterocycles. The maximum absolute atomic E-state index is 8.79. The van der Waals surface area contributed by atoms with E-state index in [4.69, 9.17) is 12.6 Å². The van der Waals surface area contributed by atoms with Gasteiger partial charge in [-0.3, -0.25) is 0 Å². The Balaban J connectivity index is 1.12. The summed E-state index contributed by atoms with van der Waals surface area (Å²) >= 11 is 0. The van der Waals surface area contributed by atoms with Crippen LogP contribution in [0.1, 0.15) is 8.22 Å². The maximum Gasteiger partial charge on any atom is 0.143 e. The second-order valence-corrected chi connectivity index (χ2v) is 12.0. The molecule has 1 aromatic heterocycles. The van der Waals surface area contributed by atoms with Crippen molar-refractivity contribution in [2.45, 2.75) is 0 Å². The van der Waals surface area contributed by atoms with Crippen LogP contribution in [-0.2, 0) is 0 Å². The minimum Gasteiger partial charge on any atom is -0.455 e. The van der Waals surface area contributed by atoms with Crippen LogP contribution in [0.3, 0.4) is 0 Å². The summed E-state index contributed by atoms with van der Waals surface area (Å²) in [6.45, 7) is 0. The third-order valence-corrected chi connectivity index (χ3v) is 9.39. The first-order chi connectivity index (χ1) is 25.8. The molecule has 0 saturated carbocycles. The van der Waals surface area contributed by atoms with E-state index in [2.05, 4.69) is 115 Å². The molecule has 0 bridgehead atoms. The molecule has 1 heteroatoms. The van der Waals surface area contributed by atoms with Gasteiger partial charge in [-0.1, -0.05) is 145 Å². The first kappa shape index (κ1) is 20.8. The molecule has 218 valence electrons. The molecular weight excluding hydrogens is 569 g/mol. The predicted octanol–water partition coefficient (Wildman–Crippen LogP) is 13.2. The molecule has 0 aliphatic heterocycles. The number of hydrogen-bond donors (Lipinski definition) is 0. The summed E-state index contributed by atoms with van der Waals surface area (Å²) in [6.07, 6.45) is 0. The summed E-state index contributed by atoms with van der Waals surface area (Å²) in [6, 6.07) is 44.8. The minimum absolute atomic E-state index is 0.00582. The van der Waals surface area contributed by atoms with Gasteiger partial charge in [0.15, 0.2) is 0 Å². The van der Waals surface area contributed by atoms with Crippen molar-refractivity contribution in [1.29, 1.82) is 0 Å². The SMILES string of the molecule is [2H]c1c([2H])c([2H])c2c(c1[2H])c([2H])c([2H])c1c3ccc(-c4ccc(-c5c6ccccc6c(-c6ccc7ccccc7c6)c6ccccc56)cc4)cc3oc21. The van der Waals surface area contributed by atoms with Gasteiger partial charge in [-0.25, -0.2) is 0 Å². The third-order valence-electron chi connectivity index (χ3n) is 9.39. The van der Waals surface area contributed by atoms with E-state index in [9.17, 15) is 0 Å². The highest BCUT2D eigenvalue weighted by Gasteiger charge is 2.17. The molecule has 10 rings (SSSR count). The Morgan fingerprint density at radius 3 is 1.70 bits per heavy atom. The van der Waals surface area contributed by atoms with E-state index in [-0.39, 0.29) is 40.5 Å². The lowest BCUT2D eigenvalue weighted by Gasteiger charge is -2.18. The van der Waals surface area contributed by atoms with Gasteiger partial charge < -0.3 is 4.42 Å². The molecule has 0 aliphatic rings. The van der Waals surface area contributed by atoms with Gasteiger partial charge in [0, 0.05) is 16.2 Å². The highest BCUT2D eigenvalue weighted by atomic mass is 16.3. The van der Waals surface area contributed by atoms with Crippen molar-refractivity contribution in [1.82, 2.24) is 0 Å². The average molecular weight is 603 g/mol. The molecule has 0 aliphatic carbocycles. The Labute approximate surface area is 280 Å². The average Bonchev–Trinajstić information content (AvgIpc) is 3.58. The standard InChI is InChI=1S/C46H28O/c1-2-11-33-27-35(22-19-29(33)9-1)45-40-15-7-5-13-38(40)44(39-14-6-8-16-41(39)45)32-20-17-30(18-21-32)34-24-25-37-42-26-23-31-10-3-4-12-36(31)46(42)47-43(37)28-34/h1-28H/i3D,4D,10D,12D,23D,26D. The number of furan rings is 1. The third kappa shape index (κ3) is 4.03. The van der Waals surface area contributed by atoms with Gasteiger partial charge >= 0.3 is 0 Å². The Morgan fingerprint density at radius 1 is 0.362 bits per heavy atom. The molecule has 9 aromatic carbocycles. The van der Waals surface area contributed by atoms with E-state index in [0.717, 1.165) is 16.7 Å². The monoisotopic (exact) mass is 602 g/mol. The topological polar surface area (TPSA) is 13.1 Å². The Hall–Kier alpha value is -6.18. The number of rotatable bonds is 3. The molecule has 1 nitrogen and oxygen atoms in total. The Morgan fingerprint density at radius 2 is 0.957 bits per heavy atom. The van der Waals surface area contributed by atoms with Crippen LogP contribution < -0.4 is 0 Å². The lowest BCUT2D eigenvalue weighted by atomic mass is 9.85. The van der Waals surface area contributed by atoms with E-state index in [1.807, 2.05) is 18.2 Å². The zero-order valence-corrected chi connectivity index (χ0v) is 25.1. The van der Waals surface area contributed by atoms with Crippen molar-refractivity contribution in [3.05, 3.63) is 170 Å². The number of benzene rings is 9. The van der Waals surface area contributed by atoms with Crippen LogP contribution in [0.2, 0.25) is 0 Å². The van der Waals surface area contributed by atoms with Crippen molar-refractivity contribution in [3.8, 4) is 33.4 Å². The van der Waals surface area contributed by atoms with Crippen LogP contribution >= 0.6 is 0 Å². The zero-order chi connectivity index (χ0) is 36.1. The fourth-order valence-electron chi connectivity index (χ4n) is 7.20. The molecule has 47 heavy (non-hydrogen) atoms. The fraction of sp³-hybridized carbons (Fsp3) is 0. The van der Waals surface area contributed by atoms with Gasteiger partial charge in [-0.05, 0) is 95.3 Å². The first-order valence-corrected chi connectivity index (χ1v) is 15.7. The van der Waals surface area contributed by atoms with E-state index in [1.54, 1.807) is 0 Å². The van der Waals surface area contributed by atoms with Crippen LogP contribution in [0.25, 0.3) is 98.4 Å². The van der Waals surface area contributed by atoms with E-state index in [0.29, 0.717) is 16.4 Å². The van der Waals surface area contributed by atoms with Crippen molar-refractivity contribution in [3.63, 3.8) is 0 Å². The van der Waals surface area contributed by atoms with Gasteiger partial charge in [0.05, 0.1) is 8.22 Å². The van der Waals surface area contributed by atoms with Gasteiger partial charge in [-0.15, -0.1) is 0 Å². The highest BCUT2D eigenvalue weighted by Crippen LogP contribution is 2.44. The summed E-state index contributed by atoms with van der Waals surface area (Å²) < 4.78 is 57.2. The molecule has 0 saturated heterocycles. The van der Waals surface area contributed by atoms with Crippen LogP contribution in [-0.4, -0.2) is 0 Å². The van der Waals surface area contributed by atoms with Crippen molar-refractivity contribution in [2.24, 2.45) is 0 Å². The second kappa shape index (κ2) is 10.2. The molecule has 0 spiro atoms. The predicted molar refractivity (Wildman–Crippen MR) is 200 cm³/mol. The molecule has 0 radical (unpaired) electrons. The van der Waals surface area contributed by atoms with Gasteiger partial charge in [-0.2, -0.15) is 0 Å². The largest absolute Gasteiger partial charge is 0.455 e. The minimum atomic E-state index is -0.432. The molecular formula is C46H28O. The Kier molecular flexibility index (Phi) is 4.49. The highest BCUT2D eigenvalue weighted by molar-refractivity contribution is 6.22. The molecule has 0 unspecified atom stereocenters. The number of fused-ring (bicyclic) bond motifs is 8. The first-order valence-electron chi connectivity index (χ1n) is 18.7. The van der Waals surface area contributed by atoms with Gasteiger partial charge in [0.25, 0.3) is 0 Å². The van der Waals surface area contributed by atoms with E-state index < -0.39 is 12.1 Å².